The van der Waals surface area contributed by atoms with Gasteiger partial charge in [0.25, 0.3) is 5.91 Å². The second-order valence-corrected chi connectivity index (χ2v) is 8.20. The van der Waals surface area contributed by atoms with E-state index in [4.69, 9.17) is 13.9 Å². The van der Waals surface area contributed by atoms with Gasteiger partial charge in [0, 0.05) is 23.8 Å². The second-order valence-electron chi connectivity index (χ2n) is 8.20. The number of rotatable bonds is 6. The minimum Gasteiger partial charge on any atom is -0.495 e. The van der Waals surface area contributed by atoms with E-state index < -0.39 is 18.5 Å². The smallest absolute Gasteiger partial charge is 0.340 e. The van der Waals surface area contributed by atoms with Gasteiger partial charge in [-0.05, 0) is 35.0 Å². The maximum absolute atomic E-state index is 12.9. The summed E-state index contributed by atoms with van der Waals surface area (Å²) in [5.41, 5.74) is 2.15. The van der Waals surface area contributed by atoms with Gasteiger partial charge >= 0.3 is 5.97 Å². The third-order valence-electron chi connectivity index (χ3n) is 5.72. The molecular weight excluding hydrogens is 460 g/mol. The Balaban J connectivity index is 1.35. The van der Waals surface area contributed by atoms with Crippen molar-refractivity contribution in [2.75, 3.05) is 24.4 Å². The van der Waals surface area contributed by atoms with E-state index in [9.17, 15) is 14.4 Å². The molecule has 0 spiro atoms. The van der Waals surface area contributed by atoms with Gasteiger partial charge in [0.05, 0.1) is 24.0 Å². The highest BCUT2D eigenvalue weighted by atomic mass is 16.5. The van der Waals surface area contributed by atoms with Gasteiger partial charge in [-0.1, -0.05) is 42.5 Å². The fourth-order valence-corrected chi connectivity index (χ4v) is 4.12. The van der Waals surface area contributed by atoms with Crippen molar-refractivity contribution in [3.8, 4) is 5.75 Å². The van der Waals surface area contributed by atoms with Gasteiger partial charge in [-0.3, -0.25) is 9.59 Å². The zero-order valence-electron chi connectivity index (χ0n) is 19.6. The first-order valence-corrected chi connectivity index (χ1v) is 11.2. The molecule has 0 saturated heterocycles. The molecule has 2 N–H and O–H groups in total. The summed E-state index contributed by atoms with van der Waals surface area (Å²) in [5, 5.41) is 8.80. The van der Waals surface area contributed by atoms with Crippen LogP contribution in [0.5, 0.6) is 5.75 Å². The van der Waals surface area contributed by atoms with Gasteiger partial charge in [-0.15, -0.1) is 0 Å². The fourth-order valence-electron chi connectivity index (χ4n) is 4.12. The van der Waals surface area contributed by atoms with E-state index in [0.717, 1.165) is 27.1 Å². The van der Waals surface area contributed by atoms with Crippen molar-refractivity contribution in [2.24, 2.45) is 0 Å². The van der Waals surface area contributed by atoms with Gasteiger partial charge in [-0.2, -0.15) is 0 Å². The number of ether oxygens (including phenoxy) is 2. The van der Waals surface area contributed by atoms with E-state index in [2.05, 4.69) is 10.6 Å². The van der Waals surface area contributed by atoms with Crippen molar-refractivity contribution in [3.63, 3.8) is 0 Å². The molecule has 2 amide bonds. The van der Waals surface area contributed by atoms with Crippen LogP contribution in [0.15, 0.2) is 77.2 Å². The normalized spacial score (nSPS) is 10.9. The number of carbonyl (C=O) groups excluding carboxylic acids is 3. The summed E-state index contributed by atoms with van der Waals surface area (Å²) in [6, 6.07) is 21.8. The standard InChI is InChI=1S/C28H22N2O6/c1-16(31)29-22-12-18-8-4-3-7-17(18)11-21(22)28(33)35-15-27(32)30-23-14-25-20(13-26(23)34-2)19-9-5-6-10-24(19)36-25/h3-14H,15H2,1-2H3,(H,29,31)(H,30,32). The molecule has 8 heteroatoms. The Morgan fingerprint density at radius 3 is 2.28 bits per heavy atom. The van der Waals surface area contributed by atoms with Crippen LogP contribution in [0.2, 0.25) is 0 Å². The number of furan rings is 1. The predicted molar refractivity (Wildman–Crippen MR) is 137 cm³/mol. The van der Waals surface area contributed by atoms with Crippen molar-refractivity contribution in [2.45, 2.75) is 6.92 Å². The van der Waals surface area contributed by atoms with Crippen LogP contribution < -0.4 is 15.4 Å². The Bertz CT molecular complexity index is 1650. The number of methoxy groups -OCH3 is 1. The molecule has 5 rings (SSSR count). The maximum atomic E-state index is 12.9. The summed E-state index contributed by atoms with van der Waals surface area (Å²) in [6.45, 7) is 0.816. The van der Waals surface area contributed by atoms with Crippen LogP contribution in [0.1, 0.15) is 17.3 Å². The lowest BCUT2D eigenvalue weighted by Gasteiger charge is -2.13. The molecule has 0 aliphatic rings. The third-order valence-corrected chi connectivity index (χ3v) is 5.72. The Hall–Kier alpha value is -4.85. The van der Waals surface area contributed by atoms with Crippen molar-refractivity contribution in [3.05, 3.63) is 78.4 Å². The van der Waals surface area contributed by atoms with Gasteiger partial charge in [-0.25, -0.2) is 4.79 Å². The van der Waals surface area contributed by atoms with E-state index in [-0.39, 0.29) is 11.5 Å². The summed E-state index contributed by atoms with van der Waals surface area (Å²) in [6.07, 6.45) is 0. The zero-order valence-corrected chi connectivity index (χ0v) is 19.6. The van der Waals surface area contributed by atoms with Gasteiger partial charge < -0.3 is 24.5 Å². The molecule has 5 aromatic rings. The quantitative estimate of drug-likeness (QED) is 0.310. The van der Waals surface area contributed by atoms with Gasteiger partial charge in [0.15, 0.2) is 6.61 Å². The first kappa shape index (κ1) is 22.9. The molecule has 180 valence electrons. The van der Waals surface area contributed by atoms with Crippen molar-refractivity contribution in [1.29, 1.82) is 0 Å². The molecule has 0 fully saturated rings. The monoisotopic (exact) mass is 482 g/mol. The molecule has 0 saturated carbocycles. The third kappa shape index (κ3) is 4.44. The van der Waals surface area contributed by atoms with Crippen LogP contribution in [0, 0.1) is 0 Å². The van der Waals surface area contributed by atoms with Crippen LogP contribution in [-0.4, -0.2) is 31.5 Å². The van der Waals surface area contributed by atoms with Gasteiger partial charge in [0.1, 0.15) is 16.9 Å². The average Bonchev–Trinajstić information content (AvgIpc) is 3.23. The van der Waals surface area contributed by atoms with E-state index in [1.54, 1.807) is 24.3 Å². The van der Waals surface area contributed by atoms with Crippen LogP contribution in [0.4, 0.5) is 11.4 Å². The summed E-state index contributed by atoms with van der Waals surface area (Å²) in [5.74, 6) is -1.18. The summed E-state index contributed by atoms with van der Waals surface area (Å²) in [4.78, 5) is 37.2. The van der Waals surface area contributed by atoms with E-state index in [1.165, 1.54) is 14.0 Å². The Kier molecular flexibility index (Phi) is 6.00. The Labute approximate surface area is 205 Å². The number of amides is 2. The van der Waals surface area contributed by atoms with E-state index in [0.29, 0.717) is 22.7 Å². The molecule has 0 radical (unpaired) electrons. The van der Waals surface area contributed by atoms with Crippen LogP contribution in [0.25, 0.3) is 32.7 Å². The number of hydrogen-bond donors (Lipinski definition) is 2. The lowest BCUT2D eigenvalue weighted by Crippen LogP contribution is -2.22. The van der Waals surface area contributed by atoms with E-state index >= 15 is 0 Å². The van der Waals surface area contributed by atoms with Crippen LogP contribution in [0.3, 0.4) is 0 Å². The minimum absolute atomic E-state index is 0.151. The van der Waals surface area contributed by atoms with E-state index in [1.807, 2.05) is 48.5 Å². The number of carbonyl (C=O) groups is 3. The molecule has 0 bridgehead atoms. The number of fused-ring (bicyclic) bond motifs is 4. The number of esters is 1. The number of hydrogen-bond acceptors (Lipinski definition) is 6. The first-order valence-electron chi connectivity index (χ1n) is 11.2. The highest BCUT2D eigenvalue weighted by molar-refractivity contribution is 6.09. The number of anilines is 2. The van der Waals surface area contributed by atoms with Crippen LogP contribution in [-0.2, 0) is 14.3 Å². The largest absolute Gasteiger partial charge is 0.495 e. The Morgan fingerprint density at radius 2 is 1.53 bits per heavy atom. The molecule has 0 aliphatic heterocycles. The number of para-hydroxylation sites is 1. The first-order chi connectivity index (χ1) is 17.4. The summed E-state index contributed by atoms with van der Waals surface area (Å²) >= 11 is 0. The van der Waals surface area contributed by atoms with Crippen molar-refractivity contribution < 1.29 is 28.3 Å². The molecule has 0 aliphatic carbocycles. The van der Waals surface area contributed by atoms with Crippen molar-refractivity contribution >= 4 is 61.9 Å². The number of benzene rings is 4. The predicted octanol–water partition coefficient (Wildman–Crippen LogP) is 5.50. The average molecular weight is 482 g/mol. The molecule has 0 unspecified atom stereocenters. The summed E-state index contributed by atoms with van der Waals surface area (Å²) < 4.78 is 16.6. The topological polar surface area (TPSA) is 107 Å². The zero-order chi connectivity index (χ0) is 25.2. The Morgan fingerprint density at radius 1 is 0.806 bits per heavy atom. The van der Waals surface area contributed by atoms with Gasteiger partial charge in [0.2, 0.25) is 5.91 Å². The van der Waals surface area contributed by atoms with Crippen molar-refractivity contribution in [1.82, 2.24) is 0 Å². The lowest BCUT2D eigenvalue weighted by molar-refractivity contribution is -0.119. The molecule has 8 nitrogen and oxygen atoms in total. The minimum atomic E-state index is -0.737. The van der Waals surface area contributed by atoms with Crippen LogP contribution >= 0.6 is 0 Å². The number of nitrogens with one attached hydrogen (secondary N) is 2. The highest BCUT2D eigenvalue weighted by Gasteiger charge is 2.18. The molecule has 0 atom stereocenters. The lowest BCUT2D eigenvalue weighted by atomic mass is 10.0. The molecule has 4 aromatic carbocycles. The highest BCUT2D eigenvalue weighted by Crippen LogP contribution is 2.36. The second kappa shape index (κ2) is 9.42. The maximum Gasteiger partial charge on any atom is 0.340 e. The SMILES string of the molecule is COc1cc2c(cc1NC(=O)COC(=O)c1cc3ccccc3cc1NC(C)=O)oc1ccccc12. The molecular formula is C28H22N2O6. The fraction of sp³-hybridized carbons (Fsp3) is 0.107. The molecule has 1 heterocycles. The molecule has 36 heavy (non-hydrogen) atoms. The summed E-state index contributed by atoms with van der Waals surface area (Å²) in [7, 11) is 1.50. The molecule has 1 aromatic heterocycles.